The van der Waals surface area contributed by atoms with E-state index < -0.39 is 0 Å². The molecule has 2 amide bonds. The van der Waals surface area contributed by atoms with Crippen LogP contribution in [-0.4, -0.2) is 63.6 Å². The molecular weight excluding hydrogens is 542 g/mol. The summed E-state index contributed by atoms with van der Waals surface area (Å²) < 4.78 is 1.75. The highest BCUT2D eigenvalue weighted by Gasteiger charge is 2.33. The zero-order valence-electron chi connectivity index (χ0n) is 24.8. The molecule has 1 fully saturated rings. The van der Waals surface area contributed by atoms with Crippen LogP contribution < -0.4 is 5.32 Å². The summed E-state index contributed by atoms with van der Waals surface area (Å²) in [6, 6.07) is 13.9. The van der Waals surface area contributed by atoms with Gasteiger partial charge in [-0.25, -0.2) is 4.98 Å². The molecule has 1 saturated carbocycles. The Morgan fingerprint density at radius 3 is 2.49 bits per heavy atom. The van der Waals surface area contributed by atoms with E-state index in [4.69, 9.17) is 9.97 Å². The summed E-state index contributed by atoms with van der Waals surface area (Å²) in [6.45, 7) is 7.55. The van der Waals surface area contributed by atoms with Crippen LogP contribution in [0.3, 0.4) is 0 Å². The maximum atomic E-state index is 13.2. The van der Waals surface area contributed by atoms with Crippen LogP contribution in [0.2, 0.25) is 0 Å². The highest BCUT2D eigenvalue weighted by molar-refractivity contribution is 5.91. The smallest absolute Gasteiger partial charge is 0.292 e. The third kappa shape index (κ3) is 5.75. The monoisotopic (exact) mass is 577 g/mol. The van der Waals surface area contributed by atoms with Crippen LogP contribution in [0.4, 0.5) is 5.82 Å². The van der Waals surface area contributed by atoms with Gasteiger partial charge in [0, 0.05) is 47.5 Å². The first kappa shape index (κ1) is 28.2. The van der Waals surface area contributed by atoms with E-state index >= 15 is 0 Å². The number of aromatic amines is 1. The van der Waals surface area contributed by atoms with Gasteiger partial charge in [0.1, 0.15) is 12.1 Å². The first-order valence-corrected chi connectivity index (χ1v) is 14.7. The lowest BCUT2D eigenvalue weighted by Crippen LogP contribution is -2.44. The second-order valence-electron chi connectivity index (χ2n) is 11.4. The van der Waals surface area contributed by atoms with Gasteiger partial charge < -0.3 is 15.2 Å². The van der Waals surface area contributed by atoms with Gasteiger partial charge in [-0.2, -0.15) is 9.61 Å². The van der Waals surface area contributed by atoms with Gasteiger partial charge in [0.2, 0.25) is 11.7 Å². The van der Waals surface area contributed by atoms with Crippen LogP contribution in [-0.2, 0) is 11.2 Å². The van der Waals surface area contributed by atoms with Crippen LogP contribution in [0.1, 0.15) is 74.8 Å². The molecule has 0 saturated heterocycles. The van der Waals surface area contributed by atoms with Crippen molar-refractivity contribution in [1.29, 1.82) is 0 Å². The lowest BCUT2D eigenvalue weighted by atomic mass is 10.0. The van der Waals surface area contributed by atoms with Crippen LogP contribution in [0.5, 0.6) is 0 Å². The molecule has 1 atom stereocenters. The molecule has 11 nitrogen and oxygen atoms in total. The number of hydrogen-bond acceptors (Lipinski definition) is 7. The van der Waals surface area contributed by atoms with Crippen molar-refractivity contribution in [1.82, 2.24) is 39.7 Å². The maximum Gasteiger partial charge on any atom is 0.292 e. The van der Waals surface area contributed by atoms with E-state index in [1.54, 1.807) is 10.7 Å². The van der Waals surface area contributed by atoms with Gasteiger partial charge in [-0.05, 0) is 58.4 Å². The molecule has 6 rings (SSSR count). The second-order valence-corrected chi connectivity index (χ2v) is 11.4. The zero-order valence-corrected chi connectivity index (χ0v) is 24.8. The molecule has 1 aliphatic rings. The predicted octanol–water partition coefficient (Wildman–Crippen LogP) is 5.28. The molecule has 0 unspecified atom stereocenters. The average Bonchev–Trinajstić information content (AvgIpc) is 3.49. The van der Waals surface area contributed by atoms with Crippen LogP contribution in [0.15, 0.2) is 61.2 Å². The van der Waals surface area contributed by atoms with E-state index in [9.17, 15) is 9.59 Å². The summed E-state index contributed by atoms with van der Waals surface area (Å²) in [5.74, 6) is 0.849. The number of benzene rings is 1. The minimum absolute atomic E-state index is 0.0336. The maximum absolute atomic E-state index is 13.2. The third-order valence-electron chi connectivity index (χ3n) is 7.87. The molecule has 2 N–H and O–H groups in total. The SMILES string of the molecule is CC(=O)Nc1c(C2CC2)c(CC[C@@H](C)N(C(=O)c2nnc[nH]2)C(C)C)nc2c(-c3ccc(-c4ccccc4)nc3)cnn12. The van der Waals surface area contributed by atoms with E-state index in [0.717, 1.165) is 46.5 Å². The molecule has 4 aromatic heterocycles. The lowest BCUT2D eigenvalue weighted by Gasteiger charge is -2.32. The molecule has 11 heteroatoms. The summed E-state index contributed by atoms with van der Waals surface area (Å²) in [6.07, 6.45) is 8.40. The molecule has 0 aliphatic heterocycles. The van der Waals surface area contributed by atoms with E-state index in [1.165, 1.54) is 13.3 Å². The summed E-state index contributed by atoms with van der Waals surface area (Å²) >= 11 is 0. The first-order chi connectivity index (χ1) is 20.8. The number of H-pyrrole nitrogens is 1. The fraction of sp³-hybridized carbons (Fsp3) is 0.344. The minimum Gasteiger partial charge on any atom is -0.331 e. The molecule has 0 radical (unpaired) electrons. The van der Waals surface area contributed by atoms with Crippen molar-refractivity contribution >= 4 is 23.3 Å². The lowest BCUT2D eigenvalue weighted by molar-refractivity contribution is -0.114. The number of carbonyl (C=O) groups excluding carboxylic acids is 2. The van der Waals surface area contributed by atoms with Crippen molar-refractivity contribution < 1.29 is 9.59 Å². The number of nitrogens with zero attached hydrogens (tertiary/aromatic N) is 7. The van der Waals surface area contributed by atoms with Gasteiger partial charge in [0.05, 0.1) is 17.6 Å². The quantitative estimate of drug-likeness (QED) is 0.231. The zero-order chi connectivity index (χ0) is 30.1. The molecule has 4 heterocycles. The van der Waals surface area contributed by atoms with Crippen molar-refractivity contribution in [3.05, 3.63) is 78.3 Å². The number of fused-ring (bicyclic) bond motifs is 1. The highest BCUT2D eigenvalue weighted by atomic mass is 16.2. The number of carbonyl (C=O) groups is 2. The molecule has 0 spiro atoms. The predicted molar refractivity (Wildman–Crippen MR) is 163 cm³/mol. The minimum atomic E-state index is -0.186. The number of hydrogen-bond donors (Lipinski definition) is 2. The highest BCUT2D eigenvalue weighted by Crippen LogP contribution is 2.46. The molecule has 1 aromatic carbocycles. The fourth-order valence-corrected chi connectivity index (χ4v) is 5.73. The fourth-order valence-electron chi connectivity index (χ4n) is 5.73. The van der Waals surface area contributed by atoms with Gasteiger partial charge in [-0.15, -0.1) is 10.2 Å². The van der Waals surface area contributed by atoms with Gasteiger partial charge >= 0.3 is 0 Å². The molecular formula is C32H35N9O2. The Labute approximate surface area is 249 Å². The molecule has 43 heavy (non-hydrogen) atoms. The van der Waals surface area contributed by atoms with Crippen LogP contribution in [0, 0.1) is 0 Å². The van der Waals surface area contributed by atoms with Crippen molar-refractivity contribution in [2.24, 2.45) is 0 Å². The van der Waals surface area contributed by atoms with E-state index in [0.29, 0.717) is 30.2 Å². The molecule has 5 aromatic rings. The van der Waals surface area contributed by atoms with Crippen molar-refractivity contribution in [2.45, 2.75) is 71.4 Å². The number of pyridine rings is 1. The Kier molecular flexibility index (Phi) is 7.71. The number of aryl methyl sites for hydroxylation is 1. The Balaban J connectivity index is 1.37. The van der Waals surface area contributed by atoms with Crippen LogP contribution in [0.25, 0.3) is 28.0 Å². The Morgan fingerprint density at radius 2 is 1.86 bits per heavy atom. The molecule has 0 bridgehead atoms. The van der Waals surface area contributed by atoms with Crippen molar-refractivity contribution in [2.75, 3.05) is 5.32 Å². The van der Waals surface area contributed by atoms with E-state index in [1.807, 2.05) is 74.3 Å². The first-order valence-electron chi connectivity index (χ1n) is 14.7. The molecule has 1 aliphatic carbocycles. The standard InChI is InChI=1S/C32H35N9O2/c1-19(2)40(32(43)29-34-18-35-39-29)20(3)10-14-27-28(23-11-12-23)31(37-21(4)42)41-30(38-27)25(17-36-41)24-13-15-26(33-16-24)22-8-6-5-7-9-22/h5-9,13,15-20,23H,10-12,14H2,1-4H3,(H,37,42)(H,34,35,39)/t20-/m1/s1. The number of rotatable bonds is 10. The normalized spacial score (nSPS) is 13.8. The van der Waals surface area contributed by atoms with Crippen LogP contribution >= 0.6 is 0 Å². The van der Waals surface area contributed by atoms with Gasteiger partial charge in [-0.1, -0.05) is 36.4 Å². The number of anilines is 1. The topological polar surface area (TPSA) is 134 Å². The second kappa shape index (κ2) is 11.7. The van der Waals surface area contributed by atoms with Gasteiger partial charge in [-0.3, -0.25) is 14.6 Å². The average molecular weight is 578 g/mol. The van der Waals surface area contributed by atoms with E-state index in [2.05, 4.69) is 25.6 Å². The van der Waals surface area contributed by atoms with Gasteiger partial charge in [0.25, 0.3) is 5.91 Å². The Morgan fingerprint density at radius 1 is 1.07 bits per heavy atom. The summed E-state index contributed by atoms with van der Waals surface area (Å²) in [4.78, 5) is 40.2. The summed E-state index contributed by atoms with van der Waals surface area (Å²) in [5.41, 5.74) is 6.24. The number of aromatic nitrogens is 7. The van der Waals surface area contributed by atoms with Crippen molar-refractivity contribution in [3.63, 3.8) is 0 Å². The summed E-state index contributed by atoms with van der Waals surface area (Å²) in [7, 11) is 0. The molecule has 220 valence electrons. The van der Waals surface area contributed by atoms with Gasteiger partial charge in [0.15, 0.2) is 5.65 Å². The third-order valence-corrected chi connectivity index (χ3v) is 7.87. The summed E-state index contributed by atoms with van der Waals surface area (Å²) in [5, 5.41) is 15.4. The Bertz CT molecular complexity index is 1740. The van der Waals surface area contributed by atoms with Crippen molar-refractivity contribution in [3.8, 4) is 22.4 Å². The largest absolute Gasteiger partial charge is 0.331 e. The Hall–Kier alpha value is -4.93. The number of nitrogens with one attached hydrogen (secondary N) is 2. The number of amides is 2. The van der Waals surface area contributed by atoms with E-state index in [-0.39, 0.29) is 29.7 Å².